The average Bonchev–Trinajstić information content (AvgIpc) is 3.04. The molecule has 0 aliphatic rings. The lowest BCUT2D eigenvalue weighted by Crippen LogP contribution is -2.39. The fraction of sp³-hybridized carbons (Fsp3) is 0.550. The number of rotatable bonds is 9. The molecule has 1 aromatic carbocycles. The number of nitrogens with zero attached hydrogens (tertiary/aromatic N) is 2. The monoisotopic (exact) mass is 343 g/mol. The SMILES string of the molecule is CCNC(=NCCN(C)C(C)CC)NCCc1c[nH]c2ccccc12. The Kier molecular flexibility index (Phi) is 7.79. The fourth-order valence-corrected chi connectivity index (χ4v) is 2.85. The van der Waals surface area contributed by atoms with E-state index in [9.17, 15) is 0 Å². The largest absolute Gasteiger partial charge is 0.361 e. The quantitative estimate of drug-likeness (QED) is 0.485. The Morgan fingerprint density at radius 2 is 2.04 bits per heavy atom. The van der Waals surface area contributed by atoms with E-state index in [1.807, 2.05) is 0 Å². The molecule has 0 amide bonds. The Hall–Kier alpha value is -2.01. The highest BCUT2D eigenvalue weighted by atomic mass is 15.2. The molecule has 0 aliphatic heterocycles. The lowest BCUT2D eigenvalue weighted by molar-refractivity contribution is 0.259. The van der Waals surface area contributed by atoms with Gasteiger partial charge in [-0.3, -0.25) is 4.99 Å². The van der Waals surface area contributed by atoms with E-state index in [0.717, 1.165) is 38.6 Å². The zero-order chi connectivity index (χ0) is 18.1. The van der Waals surface area contributed by atoms with Gasteiger partial charge in [-0.15, -0.1) is 0 Å². The number of aliphatic imine (C=N–C) groups is 1. The van der Waals surface area contributed by atoms with Crippen LogP contribution in [0.15, 0.2) is 35.5 Å². The van der Waals surface area contributed by atoms with Crippen LogP contribution in [0.25, 0.3) is 10.9 Å². The van der Waals surface area contributed by atoms with E-state index < -0.39 is 0 Å². The van der Waals surface area contributed by atoms with Gasteiger partial charge in [0.05, 0.1) is 6.54 Å². The minimum Gasteiger partial charge on any atom is -0.361 e. The molecule has 138 valence electrons. The molecule has 1 heterocycles. The zero-order valence-electron chi connectivity index (χ0n) is 16.1. The van der Waals surface area contributed by atoms with E-state index in [0.29, 0.717) is 6.04 Å². The number of para-hydroxylation sites is 1. The second-order valence-corrected chi connectivity index (χ2v) is 6.53. The predicted octanol–water partition coefficient (Wildman–Crippen LogP) is 3.00. The lowest BCUT2D eigenvalue weighted by atomic mass is 10.1. The second kappa shape index (κ2) is 10.1. The first-order valence-corrected chi connectivity index (χ1v) is 9.43. The highest BCUT2D eigenvalue weighted by molar-refractivity contribution is 5.83. The maximum atomic E-state index is 4.70. The number of nitrogens with one attached hydrogen (secondary N) is 3. The van der Waals surface area contributed by atoms with Crippen molar-refractivity contribution in [2.75, 3.05) is 33.2 Å². The lowest BCUT2D eigenvalue weighted by Gasteiger charge is -2.22. The maximum absolute atomic E-state index is 4.70. The van der Waals surface area contributed by atoms with Crippen molar-refractivity contribution < 1.29 is 0 Å². The molecule has 0 bridgehead atoms. The molecule has 2 aromatic rings. The van der Waals surface area contributed by atoms with Gasteiger partial charge in [0.2, 0.25) is 0 Å². The first kappa shape index (κ1) is 19.3. The van der Waals surface area contributed by atoms with Crippen molar-refractivity contribution in [3.05, 3.63) is 36.0 Å². The van der Waals surface area contributed by atoms with Crippen LogP contribution in [0, 0.1) is 0 Å². The molecule has 0 saturated carbocycles. The molecule has 0 radical (unpaired) electrons. The van der Waals surface area contributed by atoms with Crippen LogP contribution in [-0.4, -0.2) is 55.1 Å². The van der Waals surface area contributed by atoms with Crippen LogP contribution in [0.2, 0.25) is 0 Å². The van der Waals surface area contributed by atoms with Crippen molar-refractivity contribution in [1.29, 1.82) is 0 Å². The first-order valence-electron chi connectivity index (χ1n) is 9.43. The number of hydrogen-bond acceptors (Lipinski definition) is 2. The van der Waals surface area contributed by atoms with Gasteiger partial charge < -0.3 is 20.5 Å². The highest BCUT2D eigenvalue weighted by Gasteiger charge is 2.06. The van der Waals surface area contributed by atoms with E-state index in [1.165, 1.54) is 22.9 Å². The van der Waals surface area contributed by atoms with E-state index in [-0.39, 0.29) is 0 Å². The number of guanidine groups is 1. The summed E-state index contributed by atoms with van der Waals surface area (Å²) in [6, 6.07) is 9.05. The molecule has 1 aromatic heterocycles. The van der Waals surface area contributed by atoms with E-state index >= 15 is 0 Å². The van der Waals surface area contributed by atoms with E-state index in [4.69, 9.17) is 4.99 Å². The number of benzene rings is 1. The summed E-state index contributed by atoms with van der Waals surface area (Å²) in [7, 11) is 2.17. The van der Waals surface area contributed by atoms with Crippen LogP contribution < -0.4 is 10.6 Å². The number of hydrogen-bond donors (Lipinski definition) is 3. The molecule has 1 atom stereocenters. The number of likely N-dealkylation sites (N-methyl/N-ethyl adjacent to an activating group) is 1. The van der Waals surface area contributed by atoms with Crippen molar-refractivity contribution in [3.8, 4) is 0 Å². The van der Waals surface area contributed by atoms with Crippen molar-refractivity contribution in [2.45, 2.75) is 39.7 Å². The molecule has 0 fully saturated rings. The normalized spacial score (nSPS) is 13.4. The van der Waals surface area contributed by atoms with Gasteiger partial charge in [0.25, 0.3) is 0 Å². The molecular formula is C20H33N5. The van der Waals surface area contributed by atoms with Gasteiger partial charge in [-0.25, -0.2) is 0 Å². The summed E-state index contributed by atoms with van der Waals surface area (Å²) < 4.78 is 0. The van der Waals surface area contributed by atoms with Gasteiger partial charge in [-0.1, -0.05) is 25.1 Å². The molecule has 0 aliphatic carbocycles. The third-order valence-electron chi connectivity index (χ3n) is 4.77. The topological polar surface area (TPSA) is 55.5 Å². The van der Waals surface area contributed by atoms with Gasteiger partial charge in [-0.2, -0.15) is 0 Å². The standard InChI is InChI=1S/C20H33N5/c1-5-16(3)25(4)14-13-23-20(21-6-2)22-12-11-17-15-24-19-10-8-7-9-18(17)19/h7-10,15-16,24H,5-6,11-14H2,1-4H3,(H2,21,22,23). The summed E-state index contributed by atoms with van der Waals surface area (Å²) in [6.45, 7) is 10.1. The van der Waals surface area contributed by atoms with Crippen LogP contribution in [0.3, 0.4) is 0 Å². The molecule has 5 nitrogen and oxygen atoms in total. The molecule has 0 spiro atoms. The summed E-state index contributed by atoms with van der Waals surface area (Å²) >= 11 is 0. The van der Waals surface area contributed by atoms with Gasteiger partial charge in [0, 0.05) is 42.8 Å². The van der Waals surface area contributed by atoms with Crippen molar-refractivity contribution in [1.82, 2.24) is 20.5 Å². The van der Waals surface area contributed by atoms with Crippen LogP contribution in [0.5, 0.6) is 0 Å². The van der Waals surface area contributed by atoms with E-state index in [2.05, 4.69) is 78.8 Å². The van der Waals surface area contributed by atoms with Crippen LogP contribution >= 0.6 is 0 Å². The fourth-order valence-electron chi connectivity index (χ4n) is 2.85. The third kappa shape index (κ3) is 5.78. The minimum atomic E-state index is 0.604. The molecular weight excluding hydrogens is 310 g/mol. The summed E-state index contributed by atoms with van der Waals surface area (Å²) in [5.74, 6) is 0.903. The Bertz CT molecular complexity index is 661. The summed E-state index contributed by atoms with van der Waals surface area (Å²) in [5.41, 5.74) is 2.54. The molecule has 2 rings (SSSR count). The highest BCUT2D eigenvalue weighted by Crippen LogP contribution is 2.17. The number of aromatic nitrogens is 1. The van der Waals surface area contributed by atoms with Crippen molar-refractivity contribution in [2.24, 2.45) is 4.99 Å². The number of fused-ring (bicyclic) bond motifs is 1. The van der Waals surface area contributed by atoms with E-state index in [1.54, 1.807) is 0 Å². The second-order valence-electron chi connectivity index (χ2n) is 6.53. The van der Waals surface area contributed by atoms with Crippen LogP contribution in [0.4, 0.5) is 0 Å². The Labute approximate surface area is 151 Å². The maximum Gasteiger partial charge on any atom is 0.191 e. The van der Waals surface area contributed by atoms with Gasteiger partial charge in [0.1, 0.15) is 0 Å². The molecule has 3 N–H and O–H groups in total. The molecule has 1 unspecified atom stereocenters. The van der Waals surface area contributed by atoms with Gasteiger partial charge in [0.15, 0.2) is 5.96 Å². The average molecular weight is 344 g/mol. The zero-order valence-corrected chi connectivity index (χ0v) is 16.1. The van der Waals surface area contributed by atoms with Crippen LogP contribution in [-0.2, 0) is 6.42 Å². The number of H-pyrrole nitrogens is 1. The molecule has 25 heavy (non-hydrogen) atoms. The molecule has 5 heteroatoms. The first-order chi connectivity index (χ1) is 12.2. The Morgan fingerprint density at radius 1 is 1.24 bits per heavy atom. The van der Waals surface area contributed by atoms with Gasteiger partial charge in [-0.05, 0) is 45.4 Å². The smallest absolute Gasteiger partial charge is 0.191 e. The van der Waals surface area contributed by atoms with Crippen molar-refractivity contribution in [3.63, 3.8) is 0 Å². The predicted molar refractivity (Wildman–Crippen MR) is 108 cm³/mol. The van der Waals surface area contributed by atoms with Crippen molar-refractivity contribution >= 4 is 16.9 Å². The van der Waals surface area contributed by atoms with Crippen LogP contribution in [0.1, 0.15) is 32.8 Å². The summed E-state index contributed by atoms with van der Waals surface area (Å²) in [4.78, 5) is 10.4. The summed E-state index contributed by atoms with van der Waals surface area (Å²) in [6.07, 6.45) is 4.25. The summed E-state index contributed by atoms with van der Waals surface area (Å²) in [5, 5.41) is 8.08. The number of aromatic amines is 1. The van der Waals surface area contributed by atoms with Gasteiger partial charge >= 0.3 is 0 Å². The molecule has 0 saturated heterocycles. The minimum absolute atomic E-state index is 0.604. The Balaban J connectivity index is 1.83. The third-order valence-corrected chi connectivity index (χ3v) is 4.77. The Morgan fingerprint density at radius 3 is 2.80 bits per heavy atom.